The molecule has 0 aliphatic rings. The number of rotatable bonds is 6. The molecular formula is C16H17N3S2. The van der Waals surface area contributed by atoms with Crippen LogP contribution >= 0.6 is 22.7 Å². The fraction of sp³-hybridized carbons (Fsp3) is 0.250. The van der Waals surface area contributed by atoms with Crippen molar-refractivity contribution in [3.8, 4) is 10.7 Å². The average molecular weight is 315 g/mol. The number of thiazole rings is 1. The maximum Gasteiger partial charge on any atom is 0.142 e. The van der Waals surface area contributed by atoms with E-state index in [4.69, 9.17) is 0 Å². The van der Waals surface area contributed by atoms with E-state index in [0.717, 1.165) is 35.9 Å². The largest absolute Gasteiger partial charge is 0.306 e. The monoisotopic (exact) mass is 315 g/mol. The van der Waals surface area contributed by atoms with Crippen LogP contribution in [0, 0.1) is 0 Å². The fourth-order valence-electron chi connectivity index (χ4n) is 2.14. The second kappa shape index (κ2) is 6.93. The van der Waals surface area contributed by atoms with Gasteiger partial charge in [0, 0.05) is 29.5 Å². The lowest BCUT2D eigenvalue weighted by Crippen LogP contribution is -2.12. The van der Waals surface area contributed by atoms with Crippen molar-refractivity contribution in [2.75, 3.05) is 0 Å². The fourth-order valence-corrected chi connectivity index (χ4v) is 3.88. The SMILES string of the molecule is CCc1ccsc1CNCc1csc(-c2ccccn2)n1. The first-order valence-electron chi connectivity index (χ1n) is 6.98. The van der Waals surface area contributed by atoms with E-state index in [2.05, 4.69) is 39.0 Å². The average Bonchev–Trinajstić information content (AvgIpc) is 3.17. The van der Waals surface area contributed by atoms with Gasteiger partial charge in [-0.2, -0.15) is 0 Å². The molecule has 21 heavy (non-hydrogen) atoms. The number of nitrogens with zero attached hydrogens (tertiary/aromatic N) is 2. The molecule has 3 rings (SSSR count). The van der Waals surface area contributed by atoms with Crippen molar-refractivity contribution in [1.82, 2.24) is 15.3 Å². The number of pyridine rings is 1. The van der Waals surface area contributed by atoms with Gasteiger partial charge in [-0.1, -0.05) is 13.0 Å². The Kier molecular flexibility index (Phi) is 4.75. The van der Waals surface area contributed by atoms with E-state index in [0.29, 0.717) is 0 Å². The molecule has 0 saturated carbocycles. The minimum absolute atomic E-state index is 0.796. The summed E-state index contributed by atoms with van der Waals surface area (Å²) >= 11 is 3.47. The Balaban J connectivity index is 1.58. The molecule has 0 spiro atoms. The van der Waals surface area contributed by atoms with Gasteiger partial charge in [-0.15, -0.1) is 22.7 Å². The molecule has 0 saturated heterocycles. The third-order valence-electron chi connectivity index (χ3n) is 3.25. The Morgan fingerprint density at radius 1 is 1.14 bits per heavy atom. The molecule has 108 valence electrons. The number of aromatic nitrogens is 2. The number of thiophene rings is 1. The second-order valence-electron chi connectivity index (χ2n) is 4.69. The molecule has 0 aliphatic carbocycles. The van der Waals surface area contributed by atoms with Crippen molar-refractivity contribution in [2.45, 2.75) is 26.4 Å². The van der Waals surface area contributed by atoms with Crippen molar-refractivity contribution < 1.29 is 0 Å². The molecule has 3 aromatic rings. The number of nitrogens with one attached hydrogen (secondary N) is 1. The van der Waals surface area contributed by atoms with Gasteiger partial charge in [0.25, 0.3) is 0 Å². The van der Waals surface area contributed by atoms with E-state index >= 15 is 0 Å². The van der Waals surface area contributed by atoms with Crippen LogP contribution < -0.4 is 5.32 Å². The van der Waals surface area contributed by atoms with E-state index in [-0.39, 0.29) is 0 Å². The van der Waals surface area contributed by atoms with E-state index in [1.165, 1.54) is 10.4 Å². The molecule has 3 heterocycles. The zero-order valence-electron chi connectivity index (χ0n) is 11.9. The Hall–Kier alpha value is -1.56. The van der Waals surface area contributed by atoms with Crippen LogP contribution in [-0.2, 0) is 19.5 Å². The molecule has 5 heteroatoms. The maximum atomic E-state index is 4.64. The van der Waals surface area contributed by atoms with E-state index < -0.39 is 0 Å². The van der Waals surface area contributed by atoms with Gasteiger partial charge >= 0.3 is 0 Å². The summed E-state index contributed by atoms with van der Waals surface area (Å²) < 4.78 is 0. The number of hydrogen-bond acceptors (Lipinski definition) is 5. The Morgan fingerprint density at radius 2 is 2.10 bits per heavy atom. The molecule has 0 radical (unpaired) electrons. The minimum atomic E-state index is 0.796. The zero-order valence-corrected chi connectivity index (χ0v) is 13.5. The summed E-state index contributed by atoms with van der Waals surface area (Å²) in [6.45, 7) is 3.91. The lowest BCUT2D eigenvalue weighted by molar-refractivity contribution is 0.686. The van der Waals surface area contributed by atoms with Crippen molar-refractivity contribution in [3.05, 3.63) is 57.4 Å². The highest BCUT2D eigenvalue weighted by molar-refractivity contribution is 7.13. The van der Waals surface area contributed by atoms with Gasteiger partial charge in [0.15, 0.2) is 0 Å². The molecular weight excluding hydrogens is 298 g/mol. The van der Waals surface area contributed by atoms with E-state index in [1.807, 2.05) is 29.5 Å². The molecule has 0 atom stereocenters. The molecule has 0 aliphatic heterocycles. The first-order chi connectivity index (χ1) is 10.4. The molecule has 0 aromatic carbocycles. The second-order valence-corrected chi connectivity index (χ2v) is 6.54. The van der Waals surface area contributed by atoms with Gasteiger partial charge in [-0.05, 0) is 35.6 Å². The number of hydrogen-bond donors (Lipinski definition) is 1. The van der Waals surface area contributed by atoms with Crippen molar-refractivity contribution in [2.24, 2.45) is 0 Å². The Bertz CT molecular complexity index is 688. The first-order valence-corrected chi connectivity index (χ1v) is 8.74. The highest BCUT2D eigenvalue weighted by Gasteiger charge is 2.06. The maximum absolute atomic E-state index is 4.64. The standard InChI is InChI=1S/C16H17N3S2/c1-2-12-6-8-20-15(12)10-17-9-13-11-21-16(19-13)14-5-3-4-7-18-14/h3-8,11,17H,2,9-10H2,1H3. The summed E-state index contributed by atoms with van der Waals surface area (Å²) in [5.41, 5.74) is 3.47. The molecule has 1 N–H and O–H groups in total. The molecule has 0 fully saturated rings. The summed E-state index contributed by atoms with van der Waals surface area (Å²) in [5, 5.41) is 8.73. The molecule has 0 bridgehead atoms. The molecule has 0 unspecified atom stereocenters. The third-order valence-corrected chi connectivity index (χ3v) is 5.12. The van der Waals surface area contributed by atoms with Gasteiger partial charge in [0.2, 0.25) is 0 Å². The van der Waals surface area contributed by atoms with Crippen molar-refractivity contribution >= 4 is 22.7 Å². The predicted octanol–water partition coefficient (Wildman–Crippen LogP) is 4.12. The summed E-state index contributed by atoms with van der Waals surface area (Å²) in [6, 6.07) is 8.12. The van der Waals surface area contributed by atoms with Gasteiger partial charge in [-0.3, -0.25) is 4.98 Å². The van der Waals surface area contributed by atoms with Crippen molar-refractivity contribution in [3.63, 3.8) is 0 Å². The van der Waals surface area contributed by atoms with Crippen LogP contribution in [0.3, 0.4) is 0 Å². The van der Waals surface area contributed by atoms with Crippen LogP contribution in [0.15, 0.2) is 41.2 Å². The summed E-state index contributed by atoms with van der Waals surface area (Å²) in [6.07, 6.45) is 2.90. The third kappa shape index (κ3) is 3.56. The van der Waals surface area contributed by atoms with Crippen LogP contribution in [0.5, 0.6) is 0 Å². The highest BCUT2D eigenvalue weighted by Crippen LogP contribution is 2.21. The first kappa shape index (κ1) is 14.4. The van der Waals surface area contributed by atoms with Gasteiger partial charge < -0.3 is 5.32 Å². The van der Waals surface area contributed by atoms with E-state index in [1.54, 1.807) is 17.5 Å². The molecule has 3 nitrogen and oxygen atoms in total. The minimum Gasteiger partial charge on any atom is -0.306 e. The van der Waals surface area contributed by atoms with Crippen molar-refractivity contribution in [1.29, 1.82) is 0 Å². The number of aryl methyl sites for hydroxylation is 1. The van der Waals surface area contributed by atoms with Crippen LogP contribution in [0.25, 0.3) is 10.7 Å². The zero-order chi connectivity index (χ0) is 14.5. The van der Waals surface area contributed by atoms with Gasteiger partial charge in [-0.25, -0.2) is 4.98 Å². The van der Waals surface area contributed by atoms with Crippen LogP contribution in [-0.4, -0.2) is 9.97 Å². The summed E-state index contributed by atoms with van der Waals surface area (Å²) in [4.78, 5) is 10.4. The Labute approximate surface area is 132 Å². The van der Waals surface area contributed by atoms with Crippen LogP contribution in [0.2, 0.25) is 0 Å². The normalized spacial score (nSPS) is 10.9. The lowest BCUT2D eigenvalue weighted by Gasteiger charge is -2.03. The molecule has 3 aromatic heterocycles. The Morgan fingerprint density at radius 3 is 2.90 bits per heavy atom. The smallest absolute Gasteiger partial charge is 0.142 e. The quantitative estimate of drug-likeness (QED) is 0.743. The predicted molar refractivity (Wildman–Crippen MR) is 89.6 cm³/mol. The van der Waals surface area contributed by atoms with Crippen LogP contribution in [0.4, 0.5) is 0 Å². The van der Waals surface area contributed by atoms with Gasteiger partial charge in [0.1, 0.15) is 5.01 Å². The lowest BCUT2D eigenvalue weighted by atomic mass is 10.2. The topological polar surface area (TPSA) is 37.8 Å². The van der Waals surface area contributed by atoms with Gasteiger partial charge in [0.05, 0.1) is 11.4 Å². The van der Waals surface area contributed by atoms with E-state index in [9.17, 15) is 0 Å². The highest BCUT2D eigenvalue weighted by atomic mass is 32.1. The summed E-state index contributed by atoms with van der Waals surface area (Å²) in [5.74, 6) is 0. The molecule has 0 amide bonds. The summed E-state index contributed by atoms with van der Waals surface area (Å²) in [7, 11) is 0. The van der Waals surface area contributed by atoms with Crippen LogP contribution in [0.1, 0.15) is 23.1 Å².